The molecule has 0 radical (unpaired) electrons. The Balaban J connectivity index is 1.57. The van der Waals surface area contributed by atoms with Crippen LogP contribution in [0.25, 0.3) is 11.1 Å². The van der Waals surface area contributed by atoms with Gasteiger partial charge in [-0.1, -0.05) is 36.6 Å². The first kappa shape index (κ1) is 19.2. The van der Waals surface area contributed by atoms with Crippen molar-refractivity contribution in [3.8, 4) is 16.9 Å². The lowest BCUT2D eigenvalue weighted by Crippen LogP contribution is -2.45. The number of aliphatic hydroxyl groups excluding tert-OH is 1. The molecule has 2 fully saturated rings. The Morgan fingerprint density at radius 3 is 2.64 bits per heavy atom. The molecule has 1 amide bonds. The summed E-state index contributed by atoms with van der Waals surface area (Å²) in [6, 6.07) is 9.01. The van der Waals surface area contributed by atoms with Crippen molar-refractivity contribution in [2.24, 2.45) is 5.92 Å². The molecule has 0 spiro atoms. The summed E-state index contributed by atoms with van der Waals surface area (Å²) >= 11 is 6.02. The molecule has 6 heteroatoms. The monoisotopic (exact) mass is 400 g/mol. The van der Waals surface area contributed by atoms with E-state index < -0.39 is 6.10 Å². The minimum Gasteiger partial charge on any atom is -0.491 e. The first-order valence-electron chi connectivity index (χ1n) is 9.98. The van der Waals surface area contributed by atoms with Gasteiger partial charge in [-0.15, -0.1) is 0 Å². The Morgan fingerprint density at radius 1 is 1.18 bits per heavy atom. The van der Waals surface area contributed by atoms with E-state index in [1.807, 2.05) is 24.3 Å². The van der Waals surface area contributed by atoms with E-state index in [1.54, 1.807) is 12.3 Å². The fourth-order valence-electron chi connectivity index (χ4n) is 3.55. The van der Waals surface area contributed by atoms with Crippen molar-refractivity contribution in [2.75, 3.05) is 6.61 Å². The normalized spacial score (nSPS) is 21.9. The number of hydrogen-bond acceptors (Lipinski definition) is 4. The van der Waals surface area contributed by atoms with Gasteiger partial charge in [-0.3, -0.25) is 4.79 Å². The molecule has 4 rings (SSSR count). The minimum absolute atomic E-state index is 0.215. The maximum atomic E-state index is 12.7. The zero-order valence-corrected chi connectivity index (χ0v) is 16.5. The third-order valence-corrected chi connectivity index (χ3v) is 5.72. The quantitative estimate of drug-likeness (QED) is 0.761. The van der Waals surface area contributed by atoms with Crippen molar-refractivity contribution in [1.29, 1.82) is 0 Å². The zero-order valence-electron chi connectivity index (χ0n) is 15.7. The largest absolute Gasteiger partial charge is 0.491 e. The number of ether oxygens (including phenoxy) is 1. The Morgan fingerprint density at radius 2 is 1.93 bits per heavy atom. The number of rotatable bonds is 6. The number of benzene rings is 1. The van der Waals surface area contributed by atoms with Crippen molar-refractivity contribution in [1.82, 2.24) is 10.3 Å². The average Bonchev–Trinajstić information content (AvgIpc) is 3.53. The first-order valence-corrected chi connectivity index (χ1v) is 10.4. The third-order valence-electron chi connectivity index (χ3n) is 5.47. The van der Waals surface area contributed by atoms with Crippen LogP contribution in [0.4, 0.5) is 0 Å². The lowest BCUT2D eigenvalue weighted by atomic mass is 9.92. The number of amides is 1. The van der Waals surface area contributed by atoms with Crippen molar-refractivity contribution in [3.05, 3.63) is 47.2 Å². The maximum absolute atomic E-state index is 12.7. The van der Waals surface area contributed by atoms with Crippen molar-refractivity contribution >= 4 is 17.5 Å². The third kappa shape index (κ3) is 4.65. The molecule has 1 heterocycles. The summed E-state index contributed by atoms with van der Waals surface area (Å²) in [6.45, 7) is 0.669. The van der Waals surface area contributed by atoms with Crippen LogP contribution in [0.2, 0.25) is 5.02 Å². The molecule has 1 aromatic heterocycles. The molecule has 148 valence electrons. The van der Waals surface area contributed by atoms with Crippen LogP contribution in [-0.4, -0.2) is 34.8 Å². The summed E-state index contributed by atoms with van der Waals surface area (Å²) in [6.07, 6.45) is 7.07. The van der Waals surface area contributed by atoms with Gasteiger partial charge in [0.25, 0.3) is 5.91 Å². The number of carbonyl (C=O) groups is 1. The molecule has 28 heavy (non-hydrogen) atoms. The summed E-state index contributed by atoms with van der Waals surface area (Å²) in [4.78, 5) is 17.1. The number of aromatic nitrogens is 1. The number of nitrogens with one attached hydrogen (secondary N) is 1. The van der Waals surface area contributed by atoms with E-state index in [2.05, 4.69) is 10.3 Å². The van der Waals surface area contributed by atoms with Crippen LogP contribution in [0.5, 0.6) is 5.75 Å². The Labute approximate surface area is 170 Å². The molecule has 2 saturated carbocycles. The van der Waals surface area contributed by atoms with Crippen molar-refractivity contribution in [2.45, 2.75) is 50.7 Å². The fourth-order valence-corrected chi connectivity index (χ4v) is 3.68. The molecule has 2 atom stereocenters. The van der Waals surface area contributed by atoms with E-state index >= 15 is 0 Å². The average molecular weight is 401 g/mol. The molecule has 2 aromatic rings. The SMILES string of the molecule is O=C(N[C@@H]1CCCC[C@H]1O)c1cc(-c2ccc(Cl)cc2)c(OCC2CC2)cn1. The van der Waals surface area contributed by atoms with E-state index in [0.29, 0.717) is 29.0 Å². The van der Waals surface area contributed by atoms with E-state index in [1.165, 1.54) is 12.8 Å². The summed E-state index contributed by atoms with van der Waals surface area (Å²) in [5, 5.41) is 13.7. The maximum Gasteiger partial charge on any atom is 0.270 e. The number of aliphatic hydroxyl groups is 1. The highest BCUT2D eigenvalue weighted by Crippen LogP contribution is 2.34. The summed E-state index contributed by atoms with van der Waals surface area (Å²) in [5.41, 5.74) is 2.06. The van der Waals surface area contributed by atoms with Crippen LogP contribution in [0.15, 0.2) is 36.5 Å². The highest BCUT2D eigenvalue weighted by atomic mass is 35.5. The van der Waals surface area contributed by atoms with Gasteiger partial charge in [0.05, 0.1) is 24.9 Å². The highest BCUT2D eigenvalue weighted by molar-refractivity contribution is 6.30. The van der Waals surface area contributed by atoms with Gasteiger partial charge in [0.15, 0.2) is 0 Å². The molecule has 2 N–H and O–H groups in total. The molecule has 0 unspecified atom stereocenters. The van der Waals surface area contributed by atoms with Gasteiger partial charge in [-0.2, -0.15) is 0 Å². The molecule has 5 nitrogen and oxygen atoms in total. The standard InChI is InChI=1S/C22H25ClN2O3/c23-16-9-7-15(8-10-16)17-11-19(24-12-21(17)28-13-14-5-6-14)22(27)25-18-3-1-2-4-20(18)26/h7-12,14,18,20,26H,1-6,13H2,(H,25,27)/t18-,20-/m1/s1. The van der Waals surface area contributed by atoms with Gasteiger partial charge in [-0.25, -0.2) is 4.98 Å². The Bertz CT molecular complexity index is 836. The Kier molecular flexibility index (Phi) is 5.83. The predicted molar refractivity (Wildman–Crippen MR) is 109 cm³/mol. The van der Waals surface area contributed by atoms with E-state index in [9.17, 15) is 9.90 Å². The molecule has 0 bridgehead atoms. The van der Waals surface area contributed by atoms with Crippen LogP contribution in [0.1, 0.15) is 49.0 Å². The molecule has 2 aliphatic carbocycles. The first-order chi connectivity index (χ1) is 13.6. The van der Waals surface area contributed by atoms with Crippen molar-refractivity contribution < 1.29 is 14.6 Å². The fraction of sp³-hybridized carbons (Fsp3) is 0.455. The lowest BCUT2D eigenvalue weighted by molar-refractivity contribution is 0.0714. The van der Waals surface area contributed by atoms with Gasteiger partial charge in [0.1, 0.15) is 11.4 Å². The smallest absolute Gasteiger partial charge is 0.270 e. The molecule has 2 aliphatic rings. The van der Waals surface area contributed by atoms with E-state index in [-0.39, 0.29) is 11.9 Å². The number of pyridine rings is 1. The summed E-state index contributed by atoms with van der Waals surface area (Å²) in [5.74, 6) is 1.02. The van der Waals surface area contributed by atoms with Crippen LogP contribution in [0.3, 0.4) is 0 Å². The molecule has 1 aromatic carbocycles. The summed E-state index contributed by atoms with van der Waals surface area (Å²) in [7, 11) is 0. The Hall–Kier alpha value is -2.11. The van der Waals surface area contributed by atoms with Crippen LogP contribution in [-0.2, 0) is 0 Å². The topological polar surface area (TPSA) is 71.5 Å². The predicted octanol–water partition coefficient (Wildman–Crippen LogP) is 4.22. The van der Waals surface area contributed by atoms with Crippen LogP contribution in [0, 0.1) is 5.92 Å². The van der Waals surface area contributed by atoms with Crippen LogP contribution >= 0.6 is 11.6 Å². The molecule has 0 aliphatic heterocycles. The zero-order chi connectivity index (χ0) is 19.5. The second kappa shape index (κ2) is 8.50. The van der Waals surface area contributed by atoms with Crippen LogP contribution < -0.4 is 10.1 Å². The number of nitrogens with zero attached hydrogens (tertiary/aromatic N) is 1. The number of halogens is 1. The number of hydrogen-bond donors (Lipinski definition) is 2. The number of carbonyl (C=O) groups excluding carboxylic acids is 1. The lowest BCUT2D eigenvalue weighted by Gasteiger charge is -2.28. The molecule has 0 saturated heterocycles. The second-order valence-electron chi connectivity index (χ2n) is 7.76. The minimum atomic E-state index is -0.491. The van der Waals surface area contributed by atoms with Gasteiger partial charge >= 0.3 is 0 Å². The van der Waals surface area contributed by atoms with Gasteiger partial charge in [-0.05, 0) is 55.4 Å². The van der Waals surface area contributed by atoms with Gasteiger partial charge < -0.3 is 15.2 Å². The van der Waals surface area contributed by atoms with Gasteiger partial charge in [0.2, 0.25) is 0 Å². The van der Waals surface area contributed by atoms with E-state index in [4.69, 9.17) is 16.3 Å². The highest BCUT2D eigenvalue weighted by Gasteiger charge is 2.26. The molecular weight excluding hydrogens is 376 g/mol. The van der Waals surface area contributed by atoms with Crippen molar-refractivity contribution in [3.63, 3.8) is 0 Å². The van der Waals surface area contributed by atoms with Gasteiger partial charge in [0, 0.05) is 10.6 Å². The summed E-state index contributed by atoms with van der Waals surface area (Å²) < 4.78 is 5.98. The molecular formula is C22H25ClN2O3. The van der Waals surface area contributed by atoms with E-state index in [0.717, 1.165) is 36.8 Å². The second-order valence-corrected chi connectivity index (χ2v) is 8.20.